The van der Waals surface area contributed by atoms with Crippen LogP contribution in [0.1, 0.15) is 6.92 Å². The Labute approximate surface area is 234 Å². The van der Waals surface area contributed by atoms with Gasteiger partial charge in [-0.25, -0.2) is 9.78 Å². The molecule has 0 saturated carbocycles. The van der Waals surface area contributed by atoms with Gasteiger partial charge in [-0.1, -0.05) is 48.5 Å². The SMILES string of the molecule is CCOC(=O)COc1cc(-c2ccccc2)nc(-c2ccc3cc(OCCN4CCOCC4)ccc3c2)n1.Cl. The number of aromatic nitrogens is 2. The van der Waals surface area contributed by atoms with E-state index in [-0.39, 0.29) is 19.0 Å². The van der Waals surface area contributed by atoms with Crippen LogP contribution in [0.2, 0.25) is 0 Å². The van der Waals surface area contributed by atoms with E-state index in [1.165, 1.54) is 0 Å². The van der Waals surface area contributed by atoms with E-state index in [0.29, 0.717) is 30.6 Å². The number of carbonyl (C=O) groups is 1. The normalized spacial score (nSPS) is 13.5. The van der Waals surface area contributed by atoms with E-state index in [0.717, 1.165) is 60.5 Å². The lowest BCUT2D eigenvalue weighted by Gasteiger charge is -2.26. The number of nitrogens with zero attached hydrogens (tertiary/aromatic N) is 3. The Kier molecular flexibility index (Phi) is 10.1. The van der Waals surface area contributed by atoms with Crippen LogP contribution in [-0.2, 0) is 14.3 Å². The van der Waals surface area contributed by atoms with E-state index in [4.69, 9.17) is 23.9 Å². The lowest BCUT2D eigenvalue weighted by molar-refractivity contribution is -0.145. The Hall–Kier alpha value is -3.72. The summed E-state index contributed by atoms with van der Waals surface area (Å²) in [5.41, 5.74) is 2.48. The lowest BCUT2D eigenvalue weighted by atomic mass is 10.1. The minimum absolute atomic E-state index is 0. The van der Waals surface area contributed by atoms with Gasteiger partial charge in [-0.3, -0.25) is 4.90 Å². The second kappa shape index (κ2) is 13.9. The zero-order chi connectivity index (χ0) is 26.2. The summed E-state index contributed by atoms with van der Waals surface area (Å²) in [4.78, 5) is 23.6. The first-order chi connectivity index (χ1) is 18.7. The molecule has 1 saturated heterocycles. The summed E-state index contributed by atoms with van der Waals surface area (Å²) < 4.78 is 22.1. The molecule has 0 aliphatic carbocycles. The van der Waals surface area contributed by atoms with E-state index >= 15 is 0 Å². The molecule has 0 amide bonds. The van der Waals surface area contributed by atoms with Gasteiger partial charge >= 0.3 is 5.97 Å². The Morgan fingerprint density at radius 3 is 2.46 bits per heavy atom. The summed E-state index contributed by atoms with van der Waals surface area (Å²) in [5, 5.41) is 2.11. The molecule has 9 heteroatoms. The average Bonchev–Trinajstić information content (AvgIpc) is 2.97. The van der Waals surface area contributed by atoms with Crippen LogP contribution in [0.15, 0.2) is 72.8 Å². The molecule has 3 aromatic carbocycles. The summed E-state index contributed by atoms with van der Waals surface area (Å²) >= 11 is 0. The second-order valence-electron chi connectivity index (χ2n) is 8.90. The Morgan fingerprint density at radius 2 is 1.67 bits per heavy atom. The molecule has 2 heterocycles. The number of esters is 1. The smallest absolute Gasteiger partial charge is 0.344 e. The molecule has 1 aromatic heterocycles. The van der Waals surface area contributed by atoms with E-state index in [1.54, 1.807) is 13.0 Å². The fourth-order valence-electron chi connectivity index (χ4n) is 4.29. The van der Waals surface area contributed by atoms with Crippen molar-refractivity contribution in [3.63, 3.8) is 0 Å². The maximum absolute atomic E-state index is 11.8. The van der Waals surface area contributed by atoms with Crippen molar-refractivity contribution in [3.05, 3.63) is 72.8 Å². The highest BCUT2D eigenvalue weighted by molar-refractivity contribution is 5.87. The van der Waals surface area contributed by atoms with Gasteiger partial charge in [0.1, 0.15) is 12.4 Å². The average molecular weight is 550 g/mol. The molecule has 0 spiro atoms. The highest BCUT2D eigenvalue weighted by atomic mass is 35.5. The van der Waals surface area contributed by atoms with Crippen LogP contribution < -0.4 is 9.47 Å². The number of fused-ring (bicyclic) bond motifs is 1. The number of morpholine rings is 1. The maximum Gasteiger partial charge on any atom is 0.344 e. The zero-order valence-corrected chi connectivity index (χ0v) is 22.7. The third kappa shape index (κ3) is 7.66. The first-order valence-corrected chi connectivity index (χ1v) is 12.9. The van der Waals surface area contributed by atoms with E-state index < -0.39 is 5.97 Å². The molecule has 0 atom stereocenters. The Balaban J connectivity index is 0.00000353. The van der Waals surface area contributed by atoms with Crippen LogP contribution in [0, 0.1) is 0 Å². The van der Waals surface area contributed by atoms with Crippen LogP contribution in [0.25, 0.3) is 33.4 Å². The van der Waals surface area contributed by atoms with Gasteiger partial charge in [0, 0.05) is 36.8 Å². The number of hydrogen-bond donors (Lipinski definition) is 0. The van der Waals surface area contributed by atoms with Crippen molar-refractivity contribution in [2.24, 2.45) is 0 Å². The number of carbonyl (C=O) groups excluding carboxylic acids is 1. The monoisotopic (exact) mass is 549 g/mol. The summed E-state index contributed by atoms with van der Waals surface area (Å²) in [6, 6.07) is 23.7. The molecule has 0 unspecified atom stereocenters. The Morgan fingerprint density at radius 1 is 0.897 bits per heavy atom. The van der Waals surface area contributed by atoms with Crippen LogP contribution in [0.5, 0.6) is 11.6 Å². The first kappa shape index (κ1) is 28.3. The lowest BCUT2D eigenvalue weighted by Crippen LogP contribution is -2.38. The van der Waals surface area contributed by atoms with Gasteiger partial charge in [-0.15, -0.1) is 12.4 Å². The third-order valence-corrected chi connectivity index (χ3v) is 6.27. The van der Waals surface area contributed by atoms with Gasteiger partial charge in [0.25, 0.3) is 0 Å². The molecule has 0 radical (unpaired) electrons. The number of ether oxygens (including phenoxy) is 4. The van der Waals surface area contributed by atoms with Crippen LogP contribution >= 0.6 is 12.4 Å². The van der Waals surface area contributed by atoms with Crippen LogP contribution in [0.3, 0.4) is 0 Å². The van der Waals surface area contributed by atoms with Crippen molar-refractivity contribution in [3.8, 4) is 34.3 Å². The minimum Gasteiger partial charge on any atom is -0.492 e. The molecule has 1 fully saturated rings. The summed E-state index contributed by atoms with van der Waals surface area (Å²) in [5.74, 6) is 1.22. The summed E-state index contributed by atoms with van der Waals surface area (Å²) in [7, 11) is 0. The molecule has 0 N–H and O–H groups in total. The molecular formula is C30H32ClN3O5. The first-order valence-electron chi connectivity index (χ1n) is 12.9. The van der Waals surface area contributed by atoms with Gasteiger partial charge < -0.3 is 18.9 Å². The van der Waals surface area contributed by atoms with E-state index in [9.17, 15) is 4.79 Å². The van der Waals surface area contributed by atoms with Crippen molar-refractivity contribution < 1.29 is 23.7 Å². The van der Waals surface area contributed by atoms with Gasteiger partial charge in [0.2, 0.25) is 5.88 Å². The summed E-state index contributed by atoms with van der Waals surface area (Å²) in [6.07, 6.45) is 0. The fourth-order valence-corrected chi connectivity index (χ4v) is 4.29. The molecule has 204 valence electrons. The van der Waals surface area contributed by atoms with Crippen molar-refractivity contribution in [2.75, 3.05) is 52.7 Å². The molecular weight excluding hydrogens is 518 g/mol. The van der Waals surface area contributed by atoms with Crippen LogP contribution in [0.4, 0.5) is 0 Å². The van der Waals surface area contributed by atoms with E-state index in [1.807, 2.05) is 66.7 Å². The highest BCUT2D eigenvalue weighted by Crippen LogP contribution is 2.29. The van der Waals surface area contributed by atoms with Gasteiger partial charge in [-0.2, -0.15) is 4.98 Å². The molecule has 1 aliphatic rings. The van der Waals surface area contributed by atoms with Gasteiger partial charge in [0.05, 0.1) is 25.5 Å². The predicted octanol–water partition coefficient (Wildman–Crippen LogP) is 5.04. The zero-order valence-electron chi connectivity index (χ0n) is 21.9. The van der Waals surface area contributed by atoms with E-state index in [2.05, 4.69) is 9.88 Å². The summed E-state index contributed by atoms with van der Waals surface area (Å²) in [6.45, 7) is 6.84. The molecule has 0 bridgehead atoms. The largest absolute Gasteiger partial charge is 0.492 e. The van der Waals surface area contributed by atoms with Crippen molar-refractivity contribution in [1.82, 2.24) is 14.9 Å². The number of benzene rings is 3. The number of halogens is 1. The van der Waals surface area contributed by atoms with Crippen molar-refractivity contribution in [2.45, 2.75) is 6.92 Å². The molecule has 4 aromatic rings. The quantitative estimate of drug-likeness (QED) is 0.254. The molecule has 5 rings (SSSR count). The topological polar surface area (TPSA) is 83.0 Å². The highest BCUT2D eigenvalue weighted by Gasteiger charge is 2.13. The molecule has 39 heavy (non-hydrogen) atoms. The molecule has 8 nitrogen and oxygen atoms in total. The van der Waals surface area contributed by atoms with Crippen LogP contribution in [-0.4, -0.2) is 73.5 Å². The Bertz CT molecular complexity index is 1380. The number of rotatable bonds is 10. The third-order valence-electron chi connectivity index (χ3n) is 6.27. The maximum atomic E-state index is 11.8. The predicted molar refractivity (Wildman–Crippen MR) is 153 cm³/mol. The fraction of sp³-hybridized carbons (Fsp3) is 0.300. The van der Waals surface area contributed by atoms with Crippen molar-refractivity contribution in [1.29, 1.82) is 0 Å². The van der Waals surface area contributed by atoms with Gasteiger partial charge in [0.15, 0.2) is 12.4 Å². The second-order valence-corrected chi connectivity index (χ2v) is 8.90. The van der Waals surface area contributed by atoms with Crippen molar-refractivity contribution >= 4 is 29.1 Å². The number of hydrogen-bond acceptors (Lipinski definition) is 8. The minimum atomic E-state index is -0.442. The van der Waals surface area contributed by atoms with Gasteiger partial charge in [-0.05, 0) is 35.9 Å². The standard InChI is InChI=1S/C30H31N3O5.ClH/c1-2-36-29(34)21-38-28-20-27(22-6-4-3-5-7-22)31-30(32-28)25-9-8-24-19-26(11-10-23(24)18-25)37-17-14-33-12-15-35-16-13-33;/h3-11,18-20H,2,12-17,21H2,1H3;1H. The molecule has 1 aliphatic heterocycles.